The molecule has 3 heterocycles. The molecule has 1 saturated heterocycles. The molecule has 2 atom stereocenters. The van der Waals surface area contributed by atoms with Crippen LogP contribution in [0.5, 0.6) is 0 Å². The molecule has 5 rings (SSSR count). The quantitative estimate of drug-likeness (QED) is 0.557. The molecule has 0 unspecified atom stereocenters. The molecule has 2 aromatic carbocycles. The third kappa shape index (κ3) is 4.75. The van der Waals surface area contributed by atoms with E-state index in [-0.39, 0.29) is 30.1 Å². The number of carbonyl (C=O) groups excluding carboxylic acids is 1. The Balaban J connectivity index is 1.43. The van der Waals surface area contributed by atoms with Crippen molar-refractivity contribution >= 4 is 11.6 Å². The van der Waals surface area contributed by atoms with E-state index in [4.69, 9.17) is 0 Å². The fourth-order valence-corrected chi connectivity index (χ4v) is 5.12. The van der Waals surface area contributed by atoms with Crippen LogP contribution in [0.15, 0.2) is 42.7 Å². The van der Waals surface area contributed by atoms with Crippen molar-refractivity contribution in [2.45, 2.75) is 51.1 Å². The lowest BCUT2D eigenvalue weighted by Crippen LogP contribution is -2.23. The fourth-order valence-electron chi connectivity index (χ4n) is 5.12. The maximum Gasteiger partial charge on any atom is 0.416 e. The molecule has 0 bridgehead atoms. The lowest BCUT2D eigenvalue weighted by atomic mass is 9.97. The summed E-state index contributed by atoms with van der Waals surface area (Å²) in [6, 6.07) is 10.1. The smallest absolute Gasteiger partial charge is 0.392 e. The van der Waals surface area contributed by atoms with E-state index in [0.717, 1.165) is 17.5 Å². The zero-order valence-corrected chi connectivity index (χ0v) is 20.2. The summed E-state index contributed by atoms with van der Waals surface area (Å²) in [5, 5.41) is 17.8. The Kier molecular flexibility index (Phi) is 6.34. The number of β-amino-alcohol motifs (C(OH)–C–C–N with tert-alkyl or cyclic N) is 1. The fraction of sp³-hybridized carbons (Fsp3) is 0.423. The summed E-state index contributed by atoms with van der Waals surface area (Å²) < 4.78 is 44.0. The molecule has 190 valence electrons. The largest absolute Gasteiger partial charge is 0.416 e. The van der Waals surface area contributed by atoms with E-state index < -0.39 is 23.8 Å². The van der Waals surface area contributed by atoms with Gasteiger partial charge in [0.05, 0.1) is 18.2 Å². The Morgan fingerprint density at radius 1 is 1.22 bits per heavy atom. The van der Waals surface area contributed by atoms with Crippen molar-refractivity contribution in [2.75, 3.05) is 18.0 Å². The SMILES string of the molecule is C[C@H](Cc1nncn1C)c1cccc(N2Cc3c(cc(CN4CC[C@H](O)C4)cc3C(F)(F)F)C2=O)c1. The first-order chi connectivity index (χ1) is 17.1. The normalized spacial score (nSPS) is 19.2. The molecule has 1 amide bonds. The van der Waals surface area contributed by atoms with Gasteiger partial charge in [0, 0.05) is 44.4 Å². The van der Waals surface area contributed by atoms with Gasteiger partial charge in [-0.3, -0.25) is 9.69 Å². The number of fused-ring (bicyclic) bond motifs is 1. The zero-order chi connectivity index (χ0) is 25.6. The number of hydrogen-bond acceptors (Lipinski definition) is 5. The summed E-state index contributed by atoms with van der Waals surface area (Å²) in [5.74, 6) is 0.461. The summed E-state index contributed by atoms with van der Waals surface area (Å²) in [4.78, 5) is 16.7. The highest BCUT2D eigenvalue weighted by molar-refractivity contribution is 6.10. The van der Waals surface area contributed by atoms with Crippen LogP contribution in [-0.4, -0.2) is 49.9 Å². The second kappa shape index (κ2) is 9.33. The Morgan fingerprint density at radius 2 is 2.03 bits per heavy atom. The highest BCUT2D eigenvalue weighted by Gasteiger charge is 2.40. The van der Waals surface area contributed by atoms with Crippen LogP contribution in [0.25, 0.3) is 0 Å². The van der Waals surface area contributed by atoms with Gasteiger partial charge in [0.1, 0.15) is 12.2 Å². The number of aromatic nitrogens is 3. The number of amides is 1. The number of halogens is 3. The Bertz CT molecular complexity index is 1290. The Morgan fingerprint density at radius 3 is 2.69 bits per heavy atom. The summed E-state index contributed by atoms with van der Waals surface area (Å²) in [6.07, 6.45) is -2.18. The third-order valence-corrected chi connectivity index (χ3v) is 7.11. The van der Waals surface area contributed by atoms with E-state index in [9.17, 15) is 23.1 Å². The highest BCUT2D eigenvalue weighted by atomic mass is 19.4. The van der Waals surface area contributed by atoms with Crippen LogP contribution < -0.4 is 4.90 Å². The first kappa shape index (κ1) is 24.5. The van der Waals surface area contributed by atoms with E-state index in [1.165, 1.54) is 4.90 Å². The minimum atomic E-state index is -4.58. The highest BCUT2D eigenvalue weighted by Crippen LogP contribution is 2.40. The molecule has 2 aliphatic heterocycles. The molecule has 1 fully saturated rings. The standard InChI is InChI=1S/C26H28F3N5O2/c1-16(8-24-31-30-15-32(24)2)18-4-3-5-19(11-18)34-14-22-21(25(34)36)9-17(10-23(22)26(27,28)29)12-33-7-6-20(35)13-33/h3-5,9-11,15-16,20,35H,6-8,12-14H2,1-2H3/t16-,20+/m1/s1. The van der Waals surface area contributed by atoms with Crippen molar-refractivity contribution in [1.29, 1.82) is 0 Å². The summed E-state index contributed by atoms with van der Waals surface area (Å²) in [7, 11) is 1.87. The van der Waals surface area contributed by atoms with E-state index in [1.807, 2.05) is 41.6 Å². The molecule has 0 saturated carbocycles. The van der Waals surface area contributed by atoms with E-state index >= 15 is 0 Å². The molecule has 0 radical (unpaired) electrons. The predicted molar refractivity (Wildman–Crippen MR) is 127 cm³/mol. The van der Waals surface area contributed by atoms with Gasteiger partial charge in [-0.25, -0.2) is 0 Å². The summed E-state index contributed by atoms with van der Waals surface area (Å²) >= 11 is 0. The third-order valence-electron chi connectivity index (χ3n) is 7.11. The number of aryl methyl sites for hydroxylation is 1. The number of alkyl halides is 3. The van der Waals surface area contributed by atoms with Crippen molar-refractivity contribution in [3.63, 3.8) is 0 Å². The van der Waals surface area contributed by atoms with E-state index in [0.29, 0.717) is 37.2 Å². The number of likely N-dealkylation sites (tertiary alicyclic amines) is 1. The zero-order valence-electron chi connectivity index (χ0n) is 20.2. The van der Waals surface area contributed by atoms with Gasteiger partial charge in [-0.15, -0.1) is 10.2 Å². The number of aliphatic hydroxyl groups is 1. The van der Waals surface area contributed by atoms with Crippen molar-refractivity contribution in [2.24, 2.45) is 7.05 Å². The van der Waals surface area contributed by atoms with Gasteiger partial charge in [-0.2, -0.15) is 13.2 Å². The van der Waals surface area contributed by atoms with Crippen LogP contribution in [0.3, 0.4) is 0 Å². The van der Waals surface area contributed by atoms with Crippen LogP contribution in [0.1, 0.15) is 57.7 Å². The van der Waals surface area contributed by atoms with Crippen LogP contribution in [0.4, 0.5) is 18.9 Å². The molecule has 7 nitrogen and oxygen atoms in total. The van der Waals surface area contributed by atoms with Crippen molar-refractivity contribution in [3.8, 4) is 0 Å². The van der Waals surface area contributed by atoms with Gasteiger partial charge in [-0.1, -0.05) is 19.1 Å². The molecule has 36 heavy (non-hydrogen) atoms. The molecule has 0 spiro atoms. The van der Waals surface area contributed by atoms with Gasteiger partial charge in [0.25, 0.3) is 5.91 Å². The van der Waals surface area contributed by atoms with Crippen molar-refractivity contribution in [1.82, 2.24) is 19.7 Å². The Labute approximate surface area is 207 Å². The maximum absolute atomic E-state index is 14.0. The first-order valence-electron chi connectivity index (χ1n) is 12.0. The number of hydrogen-bond donors (Lipinski definition) is 1. The summed E-state index contributed by atoms with van der Waals surface area (Å²) in [6.45, 7) is 3.19. The van der Waals surface area contributed by atoms with Crippen molar-refractivity contribution in [3.05, 3.63) is 76.4 Å². The predicted octanol–water partition coefficient (Wildman–Crippen LogP) is 3.91. The van der Waals surface area contributed by atoms with E-state index in [1.54, 1.807) is 18.5 Å². The molecule has 1 N–H and O–H groups in total. The van der Waals surface area contributed by atoms with Gasteiger partial charge in [-0.05, 0) is 53.3 Å². The van der Waals surface area contributed by atoms with E-state index in [2.05, 4.69) is 10.2 Å². The molecule has 2 aliphatic rings. The van der Waals surface area contributed by atoms with Gasteiger partial charge in [0.2, 0.25) is 0 Å². The molecular formula is C26H28F3N5O2. The second-order valence-electron chi connectivity index (χ2n) is 9.79. The minimum absolute atomic E-state index is 0.00948. The molecule has 3 aromatic rings. The van der Waals surface area contributed by atoms with Crippen LogP contribution in [0.2, 0.25) is 0 Å². The van der Waals surface area contributed by atoms with Crippen LogP contribution in [0, 0.1) is 0 Å². The number of nitrogens with zero attached hydrogens (tertiary/aromatic N) is 5. The molecule has 0 aliphatic carbocycles. The average molecular weight is 500 g/mol. The average Bonchev–Trinajstić information content (AvgIpc) is 3.52. The Hall–Kier alpha value is -3.24. The van der Waals surface area contributed by atoms with Crippen LogP contribution >= 0.6 is 0 Å². The molecular weight excluding hydrogens is 471 g/mol. The topological polar surface area (TPSA) is 74.5 Å². The molecule has 10 heteroatoms. The number of rotatable bonds is 6. The van der Waals surface area contributed by atoms with Crippen molar-refractivity contribution < 1.29 is 23.1 Å². The number of carbonyl (C=O) groups is 1. The summed E-state index contributed by atoms with van der Waals surface area (Å²) in [5.41, 5.74) is 1.29. The number of anilines is 1. The van der Waals surface area contributed by atoms with Gasteiger partial charge >= 0.3 is 6.18 Å². The number of benzene rings is 2. The van der Waals surface area contributed by atoms with Gasteiger partial charge in [0.15, 0.2) is 0 Å². The minimum Gasteiger partial charge on any atom is -0.392 e. The molecule has 1 aromatic heterocycles. The first-order valence-corrected chi connectivity index (χ1v) is 12.0. The lowest BCUT2D eigenvalue weighted by Gasteiger charge is -2.19. The van der Waals surface area contributed by atoms with Gasteiger partial charge < -0.3 is 14.6 Å². The van der Waals surface area contributed by atoms with Crippen LogP contribution in [-0.2, 0) is 32.7 Å². The second-order valence-corrected chi connectivity index (χ2v) is 9.79. The monoisotopic (exact) mass is 499 g/mol. The number of aliphatic hydroxyl groups excluding tert-OH is 1. The lowest BCUT2D eigenvalue weighted by molar-refractivity contribution is -0.138. The maximum atomic E-state index is 14.0.